The Hall–Kier alpha value is 0.130. The van der Waals surface area contributed by atoms with Crippen molar-refractivity contribution in [3.05, 3.63) is 0 Å². The molecule has 2 aliphatic heterocycles. The van der Waals surface area contributed by atoms with Gasteiger partial charge in [-0.1, -0.05) is 0 Å². The minimum atomic E-state index is -2.35. The van der Waals surface area contributed by atoms with Gasteiger partial charge in [0.2, 0.25) is 0 Å². The average molecular weight is 223 g/mol. The molecule has 2 atom stereocenters. The zero-order chi connectivity index (χ0) is 10.0. The van der Waals surface area contributed by atoms with Crippen LogP contribution in [0.4, 0.5) is 8.78 Å². The molecular weight excluding hydrogens is 208 g/mol. The van der Waals surface area contributed by atoms with E-state index in [4.69, 9.17) is 4.74 Å². The maximum Gasteiger partial charge on any atom is 0.264 e. The highest BCUT2D eigenvalue weighted by atomic mass is 32.2. The summed E-state index contributed by atoms with van der Waals surface area (Å²) in [7, 11) is 0. The summed E-state index contributed by atoms with van der Waals surface area (Å²) in [6.45, 7) is 0.648. The van der Waals surface area contributed by atoms with Gasteiger partial charge >= 0.3 is 0 Å². The Morgan fingerprint density at radius 1 is 1.50 bits per heavy atom. The van der Waals surface area contributed by atoms with E-state index < -0.39 is 18.3 Å². The van der Waals surface area contributed by atoms with Crippen LogP contribution in [0.1, 0.15) is 19.3 Å². The zero-order valence-electron chi connectivity index (χ0n) is 7.97. The van der Waals surface area contributed by atoms with Crippen LogP contribution in [0.3, 0.4) is 0 Å². The minimum absolute atomic E-state index is 0.421. The van der Waals surface area contributed by atoms with Crippen LogP contribution in [0.2, 0.25) is 0 Å². The summed E-state index contributed by atoms with van der Waals surface area (Å²) in [5, 5.41) is 3.24. The Morgan fingerprint density at radius 2 is 2.36 bits per heavy atom. The van der Waals surface area contributed by atoms with Crippen LogP contribution in [0, 0.1) is 0 Å². The summed E-state index contributed by atoms with van der Waals surface area (Å²) in [5.74, 6) is 1.92. The number of halogens is 2. The van der Waals surface area contributed by atoms with Gasteiger partial charge in [0, 0.05) is 12.3 Å². The van der Waals surface area contributed by atoms with Gasteiger partial charge < -0.3 is 4.74 Å². The third kappa shape index (κ3) is 2.20. The van der Waals surface area contributed by atoms with Gasteiger partial charge in [0.1, 0.15) is 11.8 Å². The van der Waals surface area contributed by atoms with E-state index in [-0.39, 0.29) is 0 Å². The lowest BCUT2D eigenvalue weighted by Gasteiger charge is -2.43. The van der Waals surface area contributed by atoms with Crippen molar-refractivity contribution in [3.8, 4) is 0 Å². The molecule has 2 heterocycles. The number of hydrogen-bond acceptors (Lipinski definition) is 3. The van der Waals surface area contributed by atoms with Crippen LogP contribution in [0.15, 0.2) is 0 Å². The highest BCUT2D eigenvalue weighted by Crippen LogP contribution is 2.32. The lowest BCUT2D eigenvalue weighted by Crippen LogP contribution is -2.58. The SMILES string of the molecule is FC(F)C1CCNC2(CCCSC2)O1. The van der Waals surface area contributed by atoms with E-state index >= 15 is 0 Å². The molecule has 0 aromatic heterocycles. The van der Waals surface area contributed by atoms with Crippen molar-refractivity contribution in [2.24, 2.45) is 0 Å². The summed E-state index contributed by atoms with van der Waals surface area (Å²) < 4.78 is 30.5. The van der Waals surface area contributed by atoms with Crippen LogP contribution < -0.4 is 5.32 Å². The standard InChI is InChI=1S/C9H15F2NOS/c10-8(11)7-2-4-12-9(13-7)3-1-5-14-6-9/h7-8,12H,1-6H2. The first-order chi connectivity index (χ1) is 6.72. The van der Waals surface area contributed by atoms with Crippen molar-refractivity contribution >= 4 is 11.8 Å². The molecule has 14 heavy (non-hydrogen) atoms. The van der Waals surface area contributed by atoms with Crippen LogP contribution in [-0.2, 0) is 4.74 Å². The second kappa shape index (κ2) is 4.33. The smallest absolute Gasteiger partial charge is 0.264 e. The molecule has 0 radical (unpaired) electrons. The fourth-order valence-electron chi connectivity index (χ4n) is 2.01. The Morgan fingerprint density at radius 3 is 3.00 bits per heavy atom. The summed E-state index contributed by atoms with van der Waals surface area (Å²) in [4.78, 5) is 0. The number of hydrogen-bond donors (Lipinski definition) is 1. The fraction of sp³-hybridized carbons (Fsp3) is 1.00. The molecule has 2 unspecified atom stereocenters. The molecule has 2 fully saturated rings. The zero-order valence-corrected chi connectivity index (χ0v) is 8.79. The molecule has 5 heteroatoms. The van der Waals surface area contributed by atoms with Crippen LogP contribution in [0.25, 0.3) is 0 Å². The van der Waals surface area contributed by atoms with Gasteiger partial charge in [-0.15, -0.1) is 0 Å². The molecule has 0 amide bonds. The minimum Gasteiger partial charge on any atom is -0.351 e. The molecule has 2 nitrogen and oxygen atoms in total. The quantitative estimate of drug-likeness (QED) is 0.733. The van der Waals surface area contributed by atoms with Gasteiger partial charge in [-0.25, -0.2) is 8.78 Å². The molecule has 2 rings (SSSR count). The third-order valence-corrected chi connectivity index (χ3v) is 3.99. The number of alkyl halides is 2. The second-order valence-electron chi connectivity index (χ2n) is 3.86. The van der Waals surface area contributed by atoms with E-state index in [1.165, 1.54) is 0 Å². The van der Waals surface area contributed by atoms with E-state index in [0.717, 1.165) is 24.3 Å². The van der Waals surface area contributed by atoms with Crippen molar-refractivity contribution in [1.82, 2.24) is 5.32 Å². The van der Waals surface area contributed by atoms with E-state index in [9.17, 15) is 8.78 Å². The summed E-state index contributed by atoms with van der Waals surface area (Å²) in [5.41, 5.74) is -0.456. The van der Waals surface area contributed by atoms with Crippen LogP contribution >= 0.6 is 11.8 Å². The third-order valence-electron chi connectivity index (χ3n) is 2.74. The number of rotatable bonds is 1. The van der Waals surface area contributed by atoms with Gasteiger partial charge in [0.25, 0.3) is 6.43 Å². The predicted octanol–water partition coefficient (Wildman–Crippen LogP) is 1.85. The number of ether oxygens (including phenoxy) is 1. The van der Waals surface area contributed by atoms with Gasteiger partial charge in [0.05, 0.1) is 0 Å². The first-order valence-electron chi connectivity index (χ1n) is 5.01. The van der Waals surface area contributed by atoms with Gasteiger partial charge in [-0.3, -0.25) is 5.32 Å². The topological polar surface area (TPSA) is 21.3 Å². The Bertz CT molecular complexity index is 192. The van der Waals surface area contributed by atoms with Gasteiger partial charge in [-0.2, -0.15) is 11.8 Å². The van der Waals surface area contributed by atoms with Crippen molar-refractivity contribution in [2.45, 2.75) is 37.5 Å². The normalized spacial score (nSPS) is 39.2. The summed E-state index contributed by atoms with van der Waals surface area (Å²) in [6.07, 6.45) is -0.878. The highest BCUT2D eigenvalue weighted by molar-refractivity contribution is 7.99. The molecule has 2 aliphatic rings. The Kier molecular flexibility index (Phi) is 3.29. The Labute approximate surface area is 86.8 Å². The van der Waals surface area contributed by atoms with Gasteiger partial charge in [0.15, 0.2) is 0 Å². The molecule has 0 aromatic rings. The van der Waals surface area contributed by atoms with E-state index in [1.54, 1.807) is 11.8 Å². The largest absolute Gasteiger partial charge is 0.351 e. The molecule has 2 saturated heterocycles. The van der Waals surface area contributed by atoms with Crippen molar-refractivity contribution in [1.29, 1.82) is 0 Å². The molecule has 0 bridgehead atoms. The van der Waals surface area contributed by atoms with Crippen LogP contribution in [0.5, 0.6) is 0 Å². The first-order valence-corrected chi connectivity index (χ1v) is 6.16. The number of nitrogens with one attached hydrogen (secondary N) is 1. The molecule has 1 spiro atoms. The molecule has 1 N–H and O–H groups in total. The monoisotopic (exact) mass is 223 g/mol. The second-order valence-corrected chi connectivity index (χ2v) is 4.96. The van der Waals surface area contributed by atoms with E-state index in [1.807, 2.05) is 0 Å². The lowest BCUT2D eigenvalue weighted by atomic mass is 10.1. The fourth-order valence-corrected chi connectivity index (χ4v) is 3.15. The predicted molar refractivity (Wildman–Crippen MR) is 52.8 cm³/mol. The Balaban J connectivity index is 1.97. The maximum absolute atomic E-state index is 12.5. The number of thioether (sulfide) groups is 1. The van der Waals surface area contributed by atoms with Crippen molar-refractivity contribution in [2.75, 3.05) is 18.1 Å². The first kappa shape index (κ1) is 10.6. The van der Waals surface area contributed by atoms with Crippen LogP contribution in [-0.4, -0.2) is 36.3 Å². The molecular formula is C9H15F2NOS. The molecule has 82 valence electrons. The highest BCUT2D eigenvalue weighted by Gasteiger charge is 2.41. The van der Waals surface area contributed by atoms with Gasteiger partial charge in [-0.05, 0) is 25.0 Å². The summed E-state index contributed by atoms with van der Waals surface area (Å²) in [6, 6.07) is 0. The van der Waals surface area contributed by atoms with Crippen molar-refractivity contribution in [3.63, 3.8) is 0 Å². The molecule has 0 aromatic carbocycles. The molecule has 0 saturated carbocycles. The summed E-state index contributed by atoms with van der Waals surface area (Å²) >= 11 is 1.78. The van der Waals surface area contributed by atoms with E-state index in [0.29, 0.717) is 13.0 Å². The molecule has 0 aliphatic carbocycles. The maximum atomic E-state index is 12.5. The van der Waals surface area contributed by atoms with Crippen molar-refractivity contribution < 1.29 is 13.5 Å². The average Bonchev–Trinajstić information content (AvgIpc) is 2.19. The van der Waals surface area contributed by atoms with E-state index in [2.05, 4.69) is 5.32 Å². The lowest BCUT2D eigenvalue weighted by molar-refractivity contribution is -0.177.